The molecule has 0 spiro atoms. The molecule has 1 rings (SSSR count). The molecule has 2 N–H and O–H groups in total. The van der Waals surface area contributed by atoms with Gasteiger partial charge in [0, 0.05) is 13.1 Å². The van der Waals surface area contributed by atoms with Gasteiger partial charge in [0.1, 0.15) is 0 Å². The fraction of sp³-hybridized carbons (Fsp3) is 0.556. The smallest absolute Gasteiger partial charge is 0.356 e. The van der Waals surface area contributed by atoms with Gasteiger partial charge in [0.25, 0.3) is 0 Å². The summed E-state index contributed by atoms with van der Waals surface area (Å²) in [5.74, 6) is -0.977. The quantitative estimate of drug-likeness (QED) is 0.729. The Hall–Kier alpha value is -1.36. The second-order valence-corrected chi connectivity index (χ2v) is 2.92. The summed E-state index contributed by atoms with van der Waals surface area (Å²) in [6, 6.07) is 1.61. The van der Waals surface area contributed by atoms with Crippen molar-refractivity contribution in [1.82, 2.24) is 15.1 Å². The molecule has 0 saturated carbocycles. The van der Waals surface area contributed by atoms with E-state index in [-0.39, 0.29) is 5.69 Å². The third-order valence-electron chi connectivity index (χ3n) is 1.94. The van der Waals surface area contributed by atoms with E-state index in [2.05, 4.69) is 10.4 Å². The molecule has 0 aliphatic carbocycles. The van der Waals surface area contributed by atoms with Crippen LogP contribution in [0.5, 0.6) is 0 Å². The molecule has 0 aliphatic heterocycles. The molecule has 1 aromatic rings. The summed E-state index contributed by atoms with van der Waals surface area (Å²) < 4.78 is 1.70. The second kappa shape index (κ2) is 4.76. The van der Waals surface area contributed by atoms with E-state index >= 15 is 0 Å². The van der Waals surface area contributed by atoms with E-state index in [9.17, 15) is 4.79 Å². The van der Waals surface area contributed by atoms with Gasteiger partial charge in [-0.25, -0.2) is 4.79 Å². The van der Waals surface area contributed by atoms with Crippen molar-refractivity contribution < 1.29 is 9.90 Å². The Labute approximate surface area is 82.7 Å². The molecule has 14 heavy (non-hydrogen) atoms. The zero-order valence-corrected chi connectivity index (χ0v) is 8.45. The molecule has 0 bridgehead atoms. The van der Waals surface area contributed by atoms with Crippen molar-refractivity contribution in [3.05, 3.63) is 17.5 Å². The standard InChI is InChI=1S/C9H15N3O2/c1-3-10-6-7-5-8(9(13)14)11-12(7)4-2/h5,10H,3-4,6H2,1-2H3,(H,13,14). The third kappa shape index (κ3) is 2.32. The van der Waals surface area contributed by atoms with Gasteiger partial charge in [-0.2, -0.15) is 5.10 Å². The van der Waals surface area contributed by atoms with Gasteiger partial charge in [-0.1, -0.05) is 6.92 Å². The fourth-order valence-corrected chi connectivity index (χ4v) is 1.23. The molecular formula is C9H15N3O2. The zero-order chi connectivity index (χ0) is 10.6. The molecular weight excluding hydrogens is 182 g/mol. The van der Waals surface area contributed by atoms with Crippen molar-refractivity contribution in [3.8, 4) is 0 Å². The average Bonchev–Trinajstić information content (AvgIpc) is 2.57. The Balaban J connectivity index is 2.85. The van der Waals surface area contributed by atoms with Crippen LogP contribution >= 0.6 is 0 Å². The third-order valence-corrected chi connectivity index (χ3v) is 1.94. The Bertz CT molecular complexity index is 320. The number of carboxylic acids is 1. The van der Waals surface area contributed by atoms with Crippen LogP contribution < -0.4 is 5.32 Å². The number of carbonyl (C=O) groups is 1. The second-order valence-electron chi connectivity index (χ2n) is 2.92. The van der Waals surface area contributed by atoms with Crippen LogP contribution in [0.1, 0.15) is 30.0 Å². The van der Waals surface area contributed by atoms with Crippen LogP contribution in [-0.2, 0) is 13.1 Å². The Morgan fingerprint density at radius 1 is 1.64 bits per heavy atom. The van der Waals surface area contributed by atoms with Crippen LogP contribution in [-0.4, -0.2) is 27.4 Å². The maximum absolute atomic E-state index is 10.7. The van der Waals surface area contributed by atoms with Crippen molar-refractivity contribution in [3.63, 3.8) is 0 Å². The number of hydrogen-bond donors (Lipinski definition) is 2. The van der Waals surface area contributed by atoms with E-state index in [1.807, 2.05) is 13.8 Å². The van der Waals surface area contributed by atoms with Gasteiger partial charge in [0.15, 0.2) is 5.69 Å². The van der Waals surface area contributed by atoms with Crippen LogP contribution in [0.25, 0.3) is 0 Å². The van der Waals surface area contributed by atoms with Crippen LogP contribution in [0.15, 0.2) is 6.07 Å². The van der Waals surface area contributed by atoms with E-state index in [1.54, 1.807) is 10.7 Å². The van der Waals surface area contributed by atoms with Gasteiger partial charge in [0.05, 0.1) is 5.69 Å². The number of rotatable bonds is 5. The Morgan fingerprint density at radius 2 is 2.36 bits per heavy atom. The molecule has 5 heteroatoms. The van der Waals surface area contributed by atoms with Gasteiger partial charge in [-0.3, -0.25) is 4.68 Å². The lowest BCUT2D eigenvalue weighted by Gasteiger charge is -2.03. The summed E-state index contributed by atoms with van der Waals surface area (Å²) >= 11 is 0. The highest BCUT2D eigenvalue weighted by Gasteiger charge is 2.11. The SMILES string of the molecule is CCNCc1cc(C(=O)O)nn1CC. The lowest BCUT2D eigenvalue weighted by atomic mass is 10.3. The molecule has 0 radical (unpaired) electrons. The number of aromatic carboxylic acids is 1. The van der Waals surface area contributed by atoms with E-state index in [0.29, 0.717) is 13.1 Å². The number of nitrogens with one attached hydrogen (secondary N) is 1. The highest BCUT2D eigenvalue weighted by Crippen LogP contribution is 2.04. The predicted octanol–water partition coefficient (Wildman–Crippen LogP) is 0.711. The summed E-state index contributed by atoms with van der Waals surface area (Å²) in [5.41, 5.74) is 1.02. The van der Waals surface area contributed by atoms with Crippen LogP contribution in [0.2, 0.25) is 0 Å². The molecule has 1 heterocycles. The highest BCUT2D eigenvalue weighted by atomic mass is 16.4. The minimum absolute atomic E-state index is 0.111. The Kier molecular flexibility index (Phi) is 3.64. The molecule has 0 atom stereocenters. The fourth-order valence-electron chi connectivity index (χ4n) is 1.23. The first-order valence-corrected chi connectivity index (χ1v) is 4.69. The minimum Gasteiger partial charge on any atom is -0.476 e. The van der Waals surface area contributed by atoms with Crippen molar-refractivity contribution in [2.75, 3.05) is 6.54 Å². The molecule has 0 unspecified atom stereocenters. The highest BCUT2D eigenvalue weighted by molar-refractivity contribution is 5.85. The van der Waals surface area contributed by atoms with Crippen LogP contribution in [0, 0.1) is 0 Å². The number of aromatic nitrogens is 2. The van der Waals surface area contributed by atoms with Gasteiger partial charge in [0.2, 0.25) is 0 Å². The molecule has 0 aromatic carbocycles. The van der Waals surface area contributed by atoms with Crippen LogP contribution in [0.3, 0.4) is 0 Å². The first-order chi connectivity index (χ1) is 6.69. The number of nitrogens with zero attached hydrogens (tertiary/aromatic N) is 2. The normalized spacial score (nSPS) is 10.4. The zero-order valence-electron chi connectivity index (χ0n) is 8.45. The predicted molar refractivity (Wildman–Crippen MR) is 52.2 cm³/mol. The monoisotopic (exact) mass is 197 g/mol. The largest absolute Gasteiger partial charge is 0.476 e. The molecule has 0 fully saturated rings. The summed E-state index contributed by atoms with van der Waals surface area (Å²) in [6.45, 7) is 6.15. The van der Waals surface area contributed by atoms with Crippen LogP contribution in [0.4, 0.5) is 0 Å². The van der Waals surface area contributed by atoms with Gasteiger partial charge < -0.3 is 10.4 Å². The van der Waals surface area contributed by atoms with E-state index in [1.165, 1.54) is 0 Å². The number of aryl methyl sites for hydroxylation is 1. The Morgan fingerprint density at radius 3 is 2.86 bits per heavy atom. The van der Waals surface area contributed by atoms with Crippen molar-refractivity contribution in [2.45, 2.75) is 26.9 Å². The van der Waals surface area contributed by atoms with E-state index < -0.39 is 5.97 Å². The summed E-state index contributed by atoms with van der Waals surface area (Å²) in [6.07, 6.45) is 0. The first kappa shape index (κ1) is 10.7. The number of hydrogen-bond acceptors (Lipinski definition) is 3. The summed E-state index contributed by atoms with van der Waals surface area (Å²) in [7, 11) is 0. The lowest BCUT2D eigenvalue weighted by molar-refractivity contribution is 0.0689. The topological polar surface area (TPSA) is 67.2 Å². The van der Waals surface area contributed by atoms with E-state index in [4.69, 9.17) is 5.11 Å². The maximum atomic E-state index is 10.7. The minimum atomic E-state index is -0.977. The lowest BCUT2D eigenvalue weighted by Crippen LogP contribution is -2.15. The molecule has 0 aliphatic rings. The van der Waals surface area contributed by atoms with Crippen molar-refractivity contribution in [1.29, 1.82) is 0 Å². The average molecular weight is 197 g/mol. The molecule has 1 aromatic heterocycles. The van der Waals surface area contributed by atoms with Gasteiger partial charge in [-0.05, 0) is 19.5 Å². The van der Waals surface area contributed by atoms with Crippen molar-refractivity contribution in [2.24, 2.45) is 0 Å². The maximum Gasteiger partial charge on any atom is 0.356 e. The molecule has 0 amide bonds. The summed E-state index contributed by atoms with van der Waals surface area (Å²) in [5, 5.41) is 15.8. The number of carboxylic acid groups (broad SMARTS) is 1. The van der Waals surface area contributed by atoms with Crippen molar-refractivity contribution >= 4 is 5.97 Å². The molecule has 5 nitrogen and oxygen atoms in total. The molecule has 78 valence electrons. The van der Waals surface area contributed by atoms with Gasteiger partial charge >= 0.3 is 5.97 Å². The summed E-state index contributed by atoms with van der Waals surface area (Å²) in [4.78, 5) is 10.7. The van der Waals surface area contributed by atoms with E-state index in [0.717, 1.165) is 12.2 Å². The molecule has 0 saturated heterocycles. The van der Waals surface area contributed by atoms with Gasteiger partial charge in [-0.15, -0.1) is 0 Å². The first-order valence-electron chi connectivity index (χ1n) is 4.69.